The number of ketones is 1. The van der Waals surface area contributed by atoms with Crippen LogP contribution in [0.3, 0.4) is 0 Å². The number of ether oxygens (including phenoxy) is 2. The monoisotopic (exact) mass is 522 g/mol. The second kappa shape index (κ2) is 14.5. The second-order valence-corrected chi connectivity index (χ2v) is 9.17. The Bertz CT molecular complexity index is 1320. The first-order valence-electron chi connectivity index (χ1n) is 13.1. The molecule has 0 spiro atoms. The number of nitrogens with one attached hydrogen (secondary N) is 2. The first kappa shape index (κ1) is 27.6. The van der Waals surface area contributed by atoms with Gasteiger partial charge in [0.15, 0.2) is 5.78 Å². The zero-order valence-corrected chi connectivity index (χ0v) is 22.1. The van der Waals surface area contributed by atoms with E-state index in [0.717, 1.165) is 30.8 Å². The standard InChI is InChI=1S/C33H34N2O4/c1-38-33(37)31(35-30-16-9-8-15-29(30)32(36)27-13-6-3-7-14-27)23-25-17-19-28(20-18-25)39-22-10-21-34-24-26-11-4-2-5-12-26/h2-9,11-20,31,34-35H,10,21-24H2,1H3. The third-order valence-electron chi connectivity index (χ3n) is 6.32. The van der Waals surface area contributed by atoms with E-state index in [4.69, 9.17) is 9.47 Å². The van der Waals surface area contributed by atoms with Crippen molar-refractivity contribution in [3.8, 4) is 5.75 Å². The normalized spacial score (nSPS) is 11.4. The van der Waals surface area contributed by atoms with Crippen LogP contribution in [0.25, 0.3) is 0 Å². The molecule has 2 N–H and O–H groups in total. The van der Waals surface area contributed by atoms with Crippen molar-refractivity contribution in [2.45, 2.75) is 25.4 Å². The number of para-hydroxylation sites is 1. The van der Waals surface area contributed by atoms with Crippen LogP contribution in [-0.4, -0.2) is 38.1 Å². The van der Waals surface area contributed by atoms with Crippen LogP contribution in [0.4, 0.5) is 5.69 Å². The number of methoxy groups -OCH3 is 1. The molecule has 4 rings (SSSR count). The molecule has 39 heavy (non-hydrogen) atoms. The summed E-state index contributed by atoms with van der Waals surface area (Å²) < 4.78 is 10.9. The Morgan fingerprint density at radius 2 is 1.44 bits per heavy atom. The zero-order chi connectivity index (χ0) is 27.3. The van der Waals surface area contributed by atoms with Gasteiger partial charge in [0.2, 0.25) is 0 Å². The van der Waals surface area contributed by atoms with E-state index in [-0.39, 0.29) is 5.78 Å². The van der Waals surface area contributed by atoms with E-state index in [1.807, 2.05) is 72.8 Å². The predicted octanol–water partition coefficient (Wildman–Crippen LogP) is 5.67. The van der Waals surface area contributed by atoms with Crippen molar-refractivity contribution in [2.75, 3.05) is 25.6 Å². The van der Waals surface area contributed by atoms with Crippen molar-refractivity contribution < 1.29 is 19.1 Å². The summed E-state index contributed by atoms with van der Waals surface area (Å²) in [5.41, 5.74) is 3.88. The van der Waals surface area contributed by atoms with Crippen molar-refractivity contribution in [2.24, 2.45) is 0 Å². The SMILES string of the molecule is COC(=O)C(Cc1ccc(OCCCNCc2ccccc2)cc1)Nc1ccccc1C(=O)c1ccccc1. The number of esters is 1. The molecule has 0 aliphatic heterocycles. The summed E-state index contributed by atoms with van der Waals surface area (Å²) >= 11 is 0. The van der Waals surface area contributed by atoms with Gasteiger partial charge in [-0.2, -0.15) is 0 Å². The average Bonchev–Trinajstić information content (AvgIpc) is 3.00. The van der Waals surface area contributed by atoms with Gasteiger partial charge < -0.3 is 20.1 Å². The summed E-state index contributed by atoms with van der Waals surface area (Å²) in [6.45, 7) is 2.32. The molecule has 0 radical (unpaired) electrons. The van der Waals surface area contributed by atoms with E-state index in [1.54, 1.807) is 24.3 Å². The number of hydrogen-bond donors (Lipinski definition) is 2. The maximum atomic E-state index is 13.1. The van der Waals surface area contributed by atoms with Gasteiger partial charge in [0.05, 0.1) is 13.7 Å². The summed E-state index contributed by atoms with van der Waals surface area (Å²) in [4.78, 5) is 25.8. The highest BCUT2D eigenvalue weighted by Crippen LogP contribution is 2.22. The number of carbonyl (C=O) groups excluding carboxylic acids is 2. The molecule has 0 heterocycles. The number of carbonyl (C=O) groups is 2. The molecule has 0 fully saturated rings. The fraction of sp³-hybridized carbons (Fsp3) is 0.212. The Morgan fingerprint density at radius 1 is 0.769 bits per heavy atom. The minimum atomic E-state index is -0.665. The van der Waals surface area contributed by atoms with Crippen LogP contribution < -0.4 is 15.4 Å². The molecule has 0 saturated carbocycles. The van der Waals surface area contributed by atoms with E-state index >= 15 is 0 Å². The van der Waals surface area contributed by atoms with Gasteiger partial charge in [0.1, 0.15) is 11.8 Å². The molecule has 1 unspecified atom stereocenters. The van der Waals surface area contributed by atoms with Gasteiger partial charge in [0.25, 0.3) is 0 Å². The van der Waals surface area contributed by atoms with Crippen LogP contribution in [0.2, 0.25) is 0 Å². The molecule has 0 aliphatic carbocycles. The molecule has 6 heteroatoms. The summed E-state index contributed by atoms with van der Waals surface area (Å²) in [6, 6.07) is 33.7. The van der Waals surface area contributed by atoms with E-state index < -0.39 is 12.0 Å². The number of anilines is 1. The lowest BCUT2D eigenvalue weighted by Crippen LogP contribution is -2.33. The topological polar surface area (TPSA) is 76.7 Å². The van der Waals surface area contributed by atoms with Gasteiger partial charge in [-0.3, -0.25) is 4.79 Å². The van der Waals surface area contributed by atoms with E-state index in [9.17, 15) is 9.59 Å². The Balaban J connectivity index is 1.31. The Kier molecular flexibility index (Phi) is 10.3. The fourth-order valence-electron chi connectivity index (χ4n) is 4.25. The zero-order valence-electron chi connectivity index (χ0n) is 22.1. The first-order chi connectivity index (χ1) is 19.1. The molecular formula is C33H34N2O4. The number of benzene rings is 4. The summed E-state index contributed by atoms with van der Waals surface area (Å²) in [7, 11) is 1.36. The molecule has 0 bridgehead atoms. The van der Waals surface area contributed by atoms with Crippen molar-refractivity contribution >= 4 is 17.4 Å². The van der Waals surface area contributed by atoms with E-state index in [2.05, 4.69) is 22.8 Å². The van der Waals surface area contributed by atoms with Gasteiger partial charge in [-0.05, 0) is 48.4 Å². The third kappa shape index (κ3) is 8.28. The van der Waals surface area contributed by atoms with Crippen LogP contribution in [0.15, 0.2) is 109 Å². The lowest BCUT2D eigenvalue weighted by Gasteiger charge is -2.20. The maximum Gasteiger partial charge on any atom is 0.328 e. The van der Waals surface area contributed by atoms with Crippen LogP contribution in [-0.2, 0) is 22.5 Å². The van der Waals surface area contributed by atoms with Crippen LogP contribution in [0.1, 0.15) is 33.5 Å². The summed E-state index contributed by atoms with van der Waals surface area (Å²) in [5.74, 6) is 0.266. The van der Waals surface area contributed by atoms with Gasteiger partial charge in [-0.15, -0.1) is 0 Å². The Hall–Kier alpha value is -4.42. The summed E-state index contributed by atoms with van der Waals surface area (Å²) in [5, 5.41) is 6.67. The van der Waals surface area contributed by atoms with E-state index in [0.29, 0.717) is 29.8 Å². The van der Waals surface area contributed by atoms with Crippen molar-refractivity contribution in [1.29, 1.82) is 0 Å². The van der Waals surface area contributed by atoms with Crippen LogP contribution in [0.5, 0.6) is 5.75 Å². The van der Waals surface area contributed by atoms with Gasteiger partial charge in [-0.1, -0.05) is 84.9 Å². The maximum absolute atomic E-state index is 13.1. The first-order valence-corrected chi connectivity index (χ1v) is 13.1. The van der Waals surface area contributed by atoms with E-state index in [1.165, 1.54) is 12.7 Å². The largest absolute Gasteiger partial charge is 0.494 e. The quantitative estimate of drug-likeness (QED) is 0.126. The lowest BCUT2D eigenvalue weighted by atomic mass is 10.00. The summed E-state index contributed by atoms with van der Waals surface area (Å²) in [6.07, 6.45) is 1.29. The fourth-order valence-corrected chi connectivity index (χ4v) is 4.25. The molecule has 0 aliphatic rings. The smallest absolute Gasteiger partial charge is 0.328 e. The molecule has 1 atom stereocenters. The molecule has 200 valence electrons. The average molecular weight is 523 g/mol. The van der Waals surface area contributed by atoms with Crippen molar-refractivity contribution in [3.05, 3.63) is 131 Å². The molecule has 6 nitrogen and oxygen atoms in total. The van der Waals surface area contributed by atoms with Gasteiger partial charge in [0, 0.05) is 29.8 Å². The minimum absolute atomic E-state index is 0.112. The highest BCUT2D eigenvalue weighted by molar-refractivity contribution is 6.12. The molecule has 0 aromatic heterocycles. The Labute approximate surface area is 230 Å². The molecular weight excluding hydrogens is 488 g/mol. The second-order valence-electron chi connectivity index (χ2n) is 9.17. The van der Waals surface area contributed by atoms with Gasteiger partial charge in [-0.25, -0.2) is 4.79 Å². The lowest BCUT2D eigenvalue weighted by molar-refractivity contribution is -0.141. The van der Waals surface area contributed by atoms with Crippen molar-refractivity contribution in [1.82, 2.24) is 5.32 Å². The van der Waals surface area contributed by atoms with Crippen LogP contribution in [0, 0.1) is 0 Å². The molecule has 4 aromatic rings. The highest BCUT2D eigenvalue weighted by atomic mass is 16.5. The Morgan fingerprint density at radius 3 is 2.15 bits per heavy atom. The molecule has 0 saturated heterocycles. The number of hydrogen-bond acceptors (Lipinski definition) is 6. The van der Waals surface area contributed by atoms with Crippen molar-refractivity contribution in [3.63, 3.8) is 0 Å². The minimum Gasteiger partial charge on any atom is -0.494 e. The highest BCUT2D eigenvalue weighted by Gasteiger charge is 2.22. The van der Waals surface area contributed by atoms with Crippen LogP contribution >= 0.6 is 0 Å². The predicted molar refractivity (Wildman–Crippen MR) is 154 cm³/mol. The molecule has 4 aromatic carbocycles. The number of rotatable bonds is 14. The third-order valence-corrected chi connectivity index (χ3v) is 6.32. The van der Waals surface area contributed by atoms with Gasteiger partial charge >= 0.3 is 5.97 Å². The molecule has 0 amide bonds.